The van der Waals surface area contributed by atoms with Gasteiger partial charge in [-0.3, -0.25) is 4.99 Å². The third-order valence-corrected chi connectivity index (χ3v) is 6.03. The summed E-state index contributed by atoms with van der Waals surface area (Å²) in [6, 6.07) is 0.750. The van der Waals surface area contributed by atoms with Crippen molar-refractivity contribution in [1.29, 1.82) is 0 Å². The van der Waals surface area contributed by atoms with Crippen LogP contribution in [0.25, 0.3) is 0 Å². The van der Waals surface area contributed by atoms with Gasteiger partial charge in [-0.15, -0.1) is 0 Å². The van der Waals surface area contributed by atoms with Gasteiger partial charge in [-0.25, -0.2) is 0 Å². The zero-order chi connectivity index (χ0) is 12.2. The molecule has 2 unspecified atom stereocenters. The Balaban J connectivity index is 1.42. The van der Waals surface area contributed by atoms with Gasteiger partial charge in [0.2, 0.25) is 0 Å². The highest BCUT2D eigenvalue weighted by Gasteiger charge is 2.31. The molecule has 2 nitrogen and oxygen atoms in total. The molecular weight excluding hydrogens is 240 g/mol. The molecule has 0 aromatic rings. The van der Waals surface area contributed by atoms with Crippen molar-refractivity contribution in [3.63, 3.8) is 0 Å². The summed E-state index contributed by atoms with van der Waals surface area (Å²) in [5, 5.41) is 4.91. The van der Waals surface area contributed by atoms with Crippen LogP contribution >= 0.6 is 11.8 Å². The van der Waals surface area contributed by atoms with E-state index in [4.69, 9.17) is 4.99 Å². The predicted octanol–water partition coefficient (Wildman–Crippen LogP) is 3.82. The molecule has 3 heteroatoms. The standard InChI is InChI=1S/C15H26N2S/c1-2-5-12(6-3-1)9-10-16-15-17-14-8-4-7-13(14)11-18-15/h12-14H,1-11H2,(H,16,17). The molecule has 1 aliphatic heterocycles. The van der Waals surface area contributed by atoms with Crippen LogP contribution in [0.1, 0.15) is 57.8 Å². The Labute approximate surface area is 115 Å². The largest absolute Gasteiger partial charge is 0.362 e. The Kier molecular flexibility index (Phi) is 4.50. The van der Waals surface area contributed by atoms with Crippen molar-refractivity contribution in [3.8, 4) is 0 Å². The molecule has 0 bridgehead atoms. The Morgan fingerprint density at radius 1 is 1.06 bits per heavy atom. The highest BCUT2D eigenvalue weighted by Crippen LogP contribution is 2.33. The molecule has 1 heterocycles. The highest BCUT2D eigenvalue weighted by atomic mass is 32.2. The van der Waals surface area contributed by atoms with Crippen LogP contribution < -0.4 is 5.32 Å². The molecule has 2 saturated carbocycles. The highest BCUT2D eigenvalue weighted by molar-refractivity contribution is 8.13. The fraction of sp³-hybridized carbons (Fsp3) is 0.933. The number of fused-ring (bicyclic) bond motifs is 1. The van der Waals surface area contributed by atoms with E-state index in [1.54, 1.807) is 0 Å². The van der Waals surface area contributed by atoms with Crippen LogP contribution in [0.4, 0.5) is 0 Å². The second-order valence-corrected chi connectivity index (χ2v) is 7.24. The zero-order valence-electron chi connectivity index (χ0n) is 11.4. The first-order valence-electron chi connectivity index (χ1n) is 7.85. The van der Waals surface area contributed by atoms with E-state index < -0.39 is 0 Å². The van der Waals surface area contributed by atoms with E-state index in [-0.39, 0.29) is 0 Å². The van der Waals surface area contributed by atoms with Gasteiger partial charge < -0.3 is 5.32 Å². The molecule has 18 heavy (non-hydrogen) atoms. The van der Waals surface area contributed by atoms with E-state index in [1.165, 1.54) is 68.7 Å². The molecule has 3 rings (SSSR count). The average molecular weight is 266 g/mol. The second kappa shape index (κ2) is 6.31. The maximum Gasteiger partial charge on any atom is 0.156 e. The maximum atomic E-state index is 4.81. The third kappa shape index (κ3) is 3.23. The second-order valence-electron chi connectivity index (χ2n) is 6.23. The molecule has 1 N–H and O–H groups in total. The van der Waals surface area contributed by atoms with Crippen molar-refractivity contribution in [1.82, 2.24) is 5.32 Å². The fourth-order valence-electron chi connectivity index (χ4n) is 3.73. The molecule has 3 fully saturated rings. The summed E-state index contributed by atoms with van der Waals surface area (Å²) >= 11 is 1.97. The van der Waals surface area contributed by atoms with E-state index in [9.17, 15) is 0 Å². The number of thioether (sulfide) groups is 1. The van der Waals surface area contributed by atoms with Crippen molar-refractivity contribution in [3.05, 3.63) is 0 Å². The molecule has 0 amide bonds. The molecule has 0 radical (unpaired) electrons. The van der Waals surface area contributed by atoms with Crippen LogP contribution in [0.2, 0.25) is 0 Å². The van der Waals surface area contributed by atoms with Crippen LogP contribution in [0, 0.1) is 11.8 Å². The van der Waals surface area contributed by atoms with Gasteiger partial charge in [0.25, 0.3) is 0 Å². The van der Waals surface area contributed by atoms with Crippen LogP contribution in [0.15, 0.2) is 4.99 Å². The van der Waals surface area contributed by atoms with Gasteiger partial charge in [0.15, 0.2) is 5.17 Å². The minimum Gasteiger partial charge on any atom is -0.362 e. The number of nitrogens with one attached hydrogen (secondary N) is 1. The normalized spacial score (nSPS) is 35.4. The third-order valence-electron chi connectivity index (χ3n) is 4.92. The summed E-state index contributed by atoms with van der Waals surface area (Å²) in [5.74, 6) is 3.20. The van der Waals surface area contributed by atoms with Gasteiger partial charge in [0.05, 0.1) is 0 Å². The van der Waals surface area contributed by atoms with Crippen molar-refractivity contribution >= 4 is 16.9 Å². The summed E-state index contributed by atoms with van der Waals surface area (Å²) < 4.78 is 0. The lowest BCUT2D eigenvalue weighted by atomic mass is 9.87. The Morgan fingerprint density at radius 2 is 1.94 bits per heavy atom. The molecule has 1 saturated heterocycles. The number of aliphatic imine (C=N–C) groups is 1. The monoisotopic (exact) mass is 266 g/mol. The lowest BCUT2D eigenvalue weighted by Gasteiger charge is -2.28. The van der Waals surface area contributed by atoms with Crippen molar-refractivity contribution < 1.29 is 0 Å². The zero-order valence-corrected chi connectivity index (χ0v) is 12.2. The Hall–Kier alpha value is -0.180. The lowest BCUT2D eigenvalue weighted by molar-refractivity contribution is 0.343. The molecule has 2 atom stereocenters. The van der Waals surface area contributed by atoms with Crippen LogP contribution in [0.5, 0.6) is 0 Å². The van der Waals surface area contributed by atoms with E-state index in [1.807, 2.05) is 11.8 Å². The van der Waals surface area contributed by atoms with E-state index in [2.05, 4.69) is 5.32 Å². The van der Waals surface area contributed by atoms with Crippen molar-refractivity contribution in [2.45, 2.75) is 63.8 Å². The van der Waals surface area contributed by atoms with Crippen molar-refractivity contribution in [2.24, 2.45) is 16.8 Å². The topological polar surface area (TPSA) is 24.4 Å². The van der Waals surface area contributed by atoms with E-state index in [0.717, 1.165) is 24.4 Å². The molecule has 3 aliphatic rings. The molecular formula is C15H26N2S. The van der Waals surface area contributed by atoms with Gasteiger partial charge >= 0.3 is 0 Å². The van der Waals surface area contributed by atoms with Gasteiger partial charge in [-0.1, -0.05) is 50.3 Å². The summed E-state index contributed by atoms with van der Waals surface area (Å²) in [6.07, 6.45) is 12.8. The van der Waals surface area contributed by atoms with Gasteiger partial charge in [0.1, 0.15) is 0 Å². The molecule has 0 spiro atoms. The molecule has 0 aromatic heterocycles. The Bertz CT molecular complexity index is 297. The average Bonchev–Trinajstić information content (AvgIpc) is 2.87. The summed E-state index contributed by atoms with van der Waals surface area (Å²) in [4.78, 5) is 4.81. The molecule has 0 aromatic carbocycles. The summed E-state index contributed by atoms with van der Waals surface area (Å²) in [5.41, 5.74) is 0. The van der Waals surface area contributed by atoms with E-state index >= 15 is 0 Å². The SMILES string of the molecule is C1CCC(CCN=C2NC3CCCC3CS2)CC1. The lowest BCUT2D eigenvalue weighted by Crippen LogP contribution is -2.41. The number of nitrogens with zero attached hydrogens (tertiary/aromatic N) is 1. The molecule has 102 valence electrons. The number of rotatable bonds is 3. The van der Waals surface area contributed by atoms with Gasteiger partial charge in [0, 0.05) is 18.3 Å². The summed E-state index contributed by atoms with van der Waals surface area (Å²) in [7, 11) is 0. The number of amidine groups is 1. The first-order valence-corrected chi connectivity index (χ1v) is 8.84. The fourth-order valence-corrected chi connectivity index (χ4v) is 4.92. The van der Waals surface area contributed by atoms with Gasteiger partial charge in [-0.05, 0) is 31.1 Å². The van der Waals surface area contributed by atoms with E-state index in [0.29, 0.717) is 0 Å². The predicted molar refractivity (Wildman–Crippen MR) is 80.2 cm³/mol. The first-order chi connectivity index (χ1) is 8.92. The maximum absolute atomic E-state index is 4.81. The first kappa shape index (κ1) is 12.8. The number of hydrogen-bond donors (Lipinski definition) is 1. The quantitative estimate of drug-likeness (QED) is 0.840. The smallest absolute Gasteiger partial charge is 0.156 e. The van der Waals surface area contributed by atoms with Crippen LogP contribution in [0.3, 0.4) is 0 Å². The molecule has 2 aliphatic carbocycles. The van der Waals surface area contributed by atoms with Crippen molar-refractivity contribution in [2.75, 3.05) is 12.3 Å². The van der Waals surface area contributed by atoms with Gasteiger partial charge in [-0.2, -0.15) is 0 Å². The van der Waals surface area contributed by atoms with Crippen LogP contribution in [-0.4, -0.2) is 23.5 Å². The number of hydrogen-bond acceptors (Lipinski definition) is 2. The summed E-state index contributed by atoms with van der Waals surface area (Å²) in [6.45, 7) is 1.05. The van der Waals surface area contributed by atoms with Crippen LogP contribution in [-0.2, 0) is 0 Å². The Morgan fingerprint density at radius 3 is 2.83 bits per heavy atom. The minimum atomic E-state index is 0.750. The minimum absolute atomic E-state index is 0.750.